The molecule has 1 fully saturated rings. The zero-order chi connectivity index (χ0) is 13.2. The Labute approximate surface area is 112 Å². The first-order valence-electron chi connectivity index (χ1n) is 6.36. The molecule has 0 aromatic carbocycles. The smallest absolute Gasteiger partial charge is 0.256 e. The van der Waals surface area contributed by atoms with Crippen LogP contribution in [0.25, 0.3) is 0 Å². The Balaban J connectivity index is 2.11. The third kappa shape index (κ3) is 2.69. The van der Waals surface area contributed by atoms with Crippen LogP contribution >= 0.6 is 11.6 Å². The molecule has 1 N–H and O–H groups in total. The van der Waals surface area contributed by atoms with Gasteiger partial charge in [0.15, 0.2) is 0 Å². The molecule has 0 bridgehead atoms. The molecule has 2 atom stereocenters. The third-order valence-electron chi connectivity index (χ3n) is 3.72. The van der Waals surface area contributed by atoms with Gasteiger partial charge >= 0.3 is 0 Å². The van der Waals surface area contributed by atoms with Gasteiger partial charge in [0.25, 0.3) is 5.91 Å². The molecule has 1 aliphatic rings. The molecule has 0 aliphatic heterocycles. The number of alkyl halides is 1. The Kier molecular flexibility index (Phi) is 3.95. The molecule has 1 saturated carbocycles. The summed E-state index contributed by atoms with van der Waals surface area (Å²) >= 11 is 6.09. The van der Waals surface area contributed by atoms with E-state index in [1.54, 1.807) is 6.92 Å². The average Bonchev–Trinajstić information content (AvgIpc) is 2.75. The summed E-state index contributed by atoms with van der Waals surface area (Å²) in [6.45, 7) is 3.94. The van der Waals surface area contributed by atoms with E-state index in [0.29, 0.717) is 23.1 Å². The van der Waals surface area contributed by atoms with Crippen molar-refractivity contribution in [2.24, 2.45) is 5.92 Å². The van der Waals surface area contributed by atoms with E-state index >= 15 is 0 Å². The van der Waals surface area contributed by atoms with Gasteiger partial charge in [-0.05, 0) is 25.7 Å². The normalized spacial score (nSPS) is 28.1. The minimum absolute atomic E-state index is 0.136. The fourth-order valence-corrected chi connectivity index (χ4v) is 3.06. The largest absolute Gasteiger partial charge is 0.361 e. The minimum Gasteiger partial charge on any atom is -0.361 e. The van der Waals surface area contributed by atoms with Crippen molar-refractivity contribution in [1.29, 1.82) is 0 Å². The molecule has 0 radical (unpaired) electrons. The van der Waals surface area contributed by atoms with Gasteiger partial charge in [0.2, 0.25) is 0 Å². The van der Waals surface area contributed by atoms with E-state index < -0.39 is 0 Å². The highest BCUT2D eigenvalue weighted by atomic mass is 35.5. The van der Waals surface area contributed by atoms with Crippen molar-refractivity contribution in [3.8, 4) is 0 Å². The zero-order valence-electron chi connectivity index (χ0n) is 10.8. The van der Waals surface area contributed by atoms with Crippen molar-refractivity contribution in [2.45, 2.75) is 45.1 Å². The van der Waals surface area contributed by atoms with Crippen LogP contribution in [0.15, 0.2) is 10.7 Å². The lowest BCUT2D eigenvalue weighted by atomic mass is 9.77. The molecule has 1 amide bonds. The molecular formula is C13H19ClN2O2. The zero-order valence-corrected chi connectivity index (χ0v) is 11.6. The predicted octanol–water partition coefficient (Wildman–Crippen LogP) is 2.90. The monoisotopic (exact) mass is 270 g/mol. The number of halogens is 1. The van der Waals surface area contributed by atoms with Crippen LogP contribution < -0.4 is 5.32 Å². The number of rotatable bonds is 3. The van der Waals surface area contributed by atoms with Crippen LogP contribution in [0.2, 0.25) is 0 Å². The van der Waals surface area contributed by atoms with Gasteiger partial charge in [0.1, 0.15) is 11.3 Å². The number of amides is 1. The minimum atomic E-state index is -0.278. The van der Waals surface area contributed by atoms with Gasteiger partial charge in [0, 0.05) is 5.88 Å². The van der Waals surface area contributed by atoms with E-state index in [1.807, 2.05) is 0 Å². The summed E-state index contributed by atoms with van der Waals surface area (Å²) in [7, 11) is 0. The van der Waals surface area contributed by atoms with Crippen LogP contribution in [-0.4, -0.2) is 22.5 Å². The molecule has 18 heavy (non-hydrogen) atoms. The molecule has 4 nitrogen and oxygen atoms in total. The van der Waals surface area contributed by atoms with Gasteiger partial charge in [-0.1, -0.05) is 24.9 Å². The van der Waals surface area contributed by atoms with Crippen molar-refractivity contribution in [3.05, 3.63) is 17.5 Å². The Bertz CT molecular complexity index is 432. The van der Waals surface area contributed by atoms with Crippen LogP contribution in [0.4, 0.5) is 0 Å². The van der Waals surface area contributed by atoms with Crippen molar-refractivity contribution in [3.63, 3.8) is 0 Å². The number of hydrogen-bond donors (Lipinski definition) is 1. The second kappa shape index (κ2) is 5.31. The maximum absolute atomic E-state index is 12.2. The standard InChI is InChI=1S/C13H19ClN2O2/c1-9-4-3-5-13(6-9,8-14)16-12(17)11-7-15-18-10(11)2/h7,9H,3-6,8H2,1-2H3,(H,16,17). The highest BCUT2D eigenvalue weighted by Gasteiger charge is 2.36. The number of hydrogen-bond acceptors (Lipinski definition) is 3. The second-order valence-electron chi connectivity index (χ2n) is 5.37. The van der Waals surface area contributed by atoms with E-state index in [9.17, 15) is 4.79 Å². The third-order valence-corrected chi connectivity index (χ3v) is 4.23. The van der Waals surface area contributed by atoms with Gasteiger partial charge in [-0.2, -0.15) is 0 Å². The average molecular weight is 271 g/mol. The van der Waals surface area contributed by atoms with E-state index in [2.05, 4.69) is 17.4 Å². The summed E-state index contributed by atoms with van der Waals surface area (Å²) in [6, 6.07) is 0. The van der Waals surface area contributed by atoms with Crippen LogP contribution in [0, 0.1) is 12.8 Å². The highest BCUT2D eigenvalue weighted by molar-refractivity contribution is 6.19. The van der Waals surface area contributed by atoms with E-state index in [1.165, 1.54) is 12.6 Å². The predicted molar refractivity (Wildman–Crippen MR) is 69.8 cm³/mol. The molecule has 1 aromatic rings. The van der Waals surface area contributed by atoms with E-state index in [-0.39, 0.29) is 11.4 Å². The van der Waals surface area contributed by atoms with E-state index in [0.717, 1.165) is 19.3 Å². The first-order valence-corrected chi connectivity index (χ1v) is 6.89. The van der Waals surface area contributed by atoms with E-state index in [4.69, 9.17) is 16.1 Å². The van der Waals surface area contributed by atoms with Gasteiger partial charge in [-0.3, -0.25) is 4.79 Å². The van der Waals surface area contributed by atoms with Gasteiger partial charge < -0.3 is 9.84 Å². The number of carbonyl (C=O) groups is 1. The van der Waals surface area contributed by atoms with Crippen LogP contribution in [0.1, 0.15) is 48.7 Å². The first-order chi connectivity index (χ1) is 8.56. The lowest BCUT2D eigenvalue weighted by molar-refractivity contribution is 0.0866. The maximum atomic E-state index is 12.2. The van der Waals surface area contributed by atoms with Gasteiger partial charge in [0.05, 0.1) is 11.7 Å². The molecule has 0 saturated heterocycles. The van der Waals surface area contributed by atoms with Crippen molar-refractivity contribution < 1.29 is 9.32 Å². The molecule has 100 valence electrons. The lowest BCUT2D eigenvalue weighted by Gasteiger charge is -2.39. The molecule has 1 heterocycles. The summed E-state index contributed by atoms with van der Waals surface area (Å²) in [5, 5.41) is 6.72. The van der Waals surface area contributed by atoms with Gasteiger partial charge in [-0.25, -0.2) is 0 Å². The Morgan fingerprint density at radius 2 is 2.50 bits per heavy atom. The fraction of sp³-hybridized carbons (Fsp3) is 0.692. The molecule has 0 spiro atoms. The number of carbonyl (C=O) groups excluding carboxylic acids is 1. The molecule has 5 heteroatoms. The molecule has 2 rings (SSSR count). The van der Waals surface area contributed by atoms with Crippen molar-refractivity contribution in [1.82, 2.24) is 10.5 Å². The Morgan fingerprint density at radius 3 is 3.06 bits per heavy atom. The van der Waals surface area contributed by atoms with Gasteiger partial charge in [-0.15, -0.1) is 11.6 Å². The lowest BCUT2D eigenvalue weighted by Crippen LogP contribution is -2.52. The van der Waals surface area contributed by atoms with Crippen molar-refractivity contribution in [2.75, 3.05) is 5.88 Å². The molecule has 1 aromatic heterocycles. The summed E-state index contributed by atoms with van der Waals surface area (Å²) in [4.78, 5) is 12.2. The molecule has 2 unspecified atom stereocenters. The fourth-order valence-electron chi connectivity index (χ4n) is 2.75. The van der Waals surface area contributed by atoms with Crippen LogP contribution in [0.5, 0.6) is 0 Å². The highest BCUT2D eigenvalue weighted by Crippen LogP contribution is 2.33. The topological polar surface area (TPSA) is 55.1 Å². The summed E-state index contributed by atoms with van der Waals surface area (Å²) < 4.78 is 4.92. The number of aromatic nitrogens is 1. The SMILES string of the molecule is Cc1oncc1C(=O)NC1(CCl)CCCC(C)C1. The quantitative estimate of drug-likeness (QED) is 0.859. The van der Waals surface area contributed by atoms with Crippen LogP contribution in [-0.2, 0) is 0 Å². The molecular weight excluding hydrogens is 252 g/mol. The maximum Gasteiger partial charge on any atom is 0.256 e. The summed E-state index contributed by atoms with van der Waals surface area (Å²) in [5.41, 5.74) is 0.220. The number of nitrogens with zero attached hydrogens (tertiary/aromatic N) is 1. The first kappa shape index (κ1) is 13.4. The Hall–Kier alpha value is -1.03. The summed E-state index contributed by atoms with van der Waals surface area (Å²) in [6.07, 6.45) is 5.65. The number of aryl methyl sites for hydroxylation is 1. The van der Waals surface area contributed by atoms with Crippen LogP contribution in [0.3, 0.4) is 0 Å². The second-order valence-corrected chi connectivity index (χ2v) is 5.63. The Morgan fingerprint density at radius 1 is 1.72 bits per heavy atom. The van der Waals surface area contributed by atoms with Crippen molar-refractivity contribution >= 4 is 17.5 Å². The molecule has 1 aliphatic carbocycles. The summed E-state index contributed by atoms with van der Waals surface area (Å²) in [5.74, 6) is 1.46. The number of nitrogens with one attached hydrogen (secondary N) is 1.